The molecule has 0 unspecified atom stereocenters. The molecule has 18 heteroatoms. The smallest absolute Gasteiger partial charge is 0.547 e. The van der Waals surface area contributed by atoms with E-state index in [9.17, 15) is 44.7 Å². The number of aliphatic hydroxyl groups excluding tert-OH is 1. The number of aromatic amines is 1. The molecule has 0 saturated carbocycles. The van der Waals surface area contributed by atoms with E-state index in [0.29, 0.717) is 51.7 Å². The Morgan fingerprint density at radius 1 is 0.986 bits per heavy atom. The second kappa shape index (κ2) is 20.5. The van der Waals surface area contributed by atoms with Gasteiger partial charge in [0.05, 0.1) is 47.3 Å². The van der Waals surface area contributed by atoms with E-state index in [0.717, 1.165) is 39.9 Å². The molecule has 9 rings (SSSR count). The zero-order valence-corrected chi connectivity index (χ0v) is 42.0. The molecule has 0 aliphatic carbocycles. The fraction of sp³-hybridized carbons (Fsp3) is 0.373. The summed E-state index contributed by atoms with van der Waals surface area (Å²) in [6.45, 7) is 11.4. The minimum atomic E-state index is -2.43. The van der Waals surface area contributed by atoms with E-state index in [4.69, 9.17) is 9.72 Å². The van der Waals surface area contributed by atoms with Crippen LogP contribution in [0.1, 0.15) is 94.0 Å². The van der Waals surface area contributed by atoms with E-state index in [1.807, 2.05) is 39.0 Å². The number of phenols is 2. The Morgan fingerprint density at radius 2 is 1.72 bits per heavy atom. The molecule has 1 atom stereocenters. The molecule has 3 aromatic carbocycles. The van der Waals surface area contributed by atoms with Crippen LogP contribution in [0.25, 0.3) is 50.3 Å². The number of H-pyrrole nitrogens is 1. The molecule has 0 bridgehead atoms. The zero-order chi connectivity index (χ0) is 48.8. The molecule has 6 heterocycles. The molecule has 2 aliphatic heterocycles. The van der Waals surface area contributed by atoms with Crippen molar-refractivity contribution in [1.82, 2.24) is 33.8 Å². The number of rotatable bonds is 12. The first kappa shape index (κ1) is 50.8. The number of nitrogens with zero attached hydrogens (tertiary/aromatic N) is 6. The maximum Gasteiger partial charge on any atom is 1.00 e. The number of aromatic hydroxyl groups is 2. The molecular weight excluding hydrogens is 894 g/mol. The van der Waals surface area contributed by atoms with Crippen molar-refractivity contribution in [3.8, 4) is 45.7 Å². The van der Waals surface area contributed by atoms with Crippen molar-refractivity contribution in [2.75, 3.05) is 20.1 Å². The monoisotopic (exact) mass is 949 g/mol. The Hall–Kier alpha value is -6.08. The Morgan fingerprint density at radius 3 is 2.38 bits per heavy atom. The topological polar surface area (TPSA) is 241 Å². The number of ether oxygens (including phenoxy) is 1. The van der Waals surface area contributed by atoms with Crippen molar-refractivity contribution in [3.05, 3.63) is 116 Å². The van der Waals surface area contributed by atoms with E-state index in [1.165, 1.54) is 67.5 Å². The van der Waals surface area contributed by atoms with Crippen molar-refractivity contribution in [2.45, 2.75) is 97.9 Å². The predicted molar refractivity (Wildman–Crippen MR) is 254 cm³/mol. The fourth-order valence-corrected chi connectivity index (χ4v) is 9.68. The number of pyridine rings is 2. The van der Waals surface area contributed by atoms with Gasteiger partial charge in [0.25, 0.3) is 5.56 Å². The largest absolute Gasteiger partial charge is 1.00 e. The summed E-state index contributed by atoms with van der Waals surface area (Å²) in [6, 6.07) is 17.5. The van der Waals surface area contributed by atoms with Gasteiger partial charge in [0, 0.05) is 58.7 Å². The minimum absolute atomic E-state index is 0. The first-order valence-corrected chi connectivity index (χ1v) is 22.9. The van der Waals surface area contributed by atoms with Gasteiger partial charge in [0.15, 0.2) is 5.82 Å². The minimum Gasteiger partial charge on any atom is -0.547 e. The molecule has 5 N–H and O–H groups in total. The summed E-state index contributed by atoms with van der Waals surface area (Å²) in [4.78, 5) is 56.2. The van der Waals surface area contributed by atoms with Gasteiger partial charge in [0.1, 0.15) is 22.8 Å². The second-order valence-corrected chi connectivity index (χ2v) is 18.1. The van der Waals surface area contributed by atoms with Crippen LogP contribution in [0.5, 0.6) is 17.2 Å². The van der Waals surface area contributed by atoms with Crippen LogP contribution < -0.4 is 50.6 Å². The molecule has 0 spiro atoms. The number of phenolic OH excluding ortho intramolecular Hbond substituents is 2. The number of aliphatic carboxylic acids is 1. The van der Waals surface area contributed by atoms with Gasteiger partial charge in [-0.3, -0.25) is 9.59 Å². The number of hydrogen-bond donors (Lipinski definition) is 5. The van der Waals surface area contributed by atoms with Gasteiger partial charge in [-0.05, 0) is 130 Å². The van der Waals surface area contributed by atoms with Crippen LogP contribution in [0, 0.1) is 5.92 Å². The third kappa shape index (κ3) is 9.63. The number of fused-ring (bicyclic) bond motifs is 5. The van der Waals surface area contributed by atoms with Crippen molar-refractivity contribution in [3.63, 3.8) is 0 Å². The average molecular weight is 950 g/mol. The number of nitrogens with one attached hydrogen (secondary N) is 1. The number of likely N-dealkylation sites (tertiary alicyclic amines) is 1. The van der Waals surface area contributed by atoms with E-state index in [2.05, 4.69) is 39.0 Å². The Labute approximate surface area is 419 Å². The number of aliphatic hydroxyl groups is 2. The average Bonchev–Trinajstić information content (AvgIpc) is 4.02. The van der Waals surface area contributed by atoms with Gasteiger partial charge in [-0.25, -0.2) is 19.4 Å². The Kier molecular flexibility index (Phi) is 15.1. The first-order chi connectivity index (χ1) is 32.5. The third-order valence-electron chi connectivity index (χ3n) is 13.5. The van der Waals surface area contributed by atoms with Gasteiger partial charge in [0.2, 0.25) is 0 Å². The second-order valence-electron chi connectivity index (χ2n) is 18.1. The van der Waals surface area contributed by atoms with Crippen LogP contribution in [0.3, 0.4) is 0 Å². The van der Waals surface area contributed by atoms with Gasteiger partial charge in [-0.15, -0.1) is 0 Å². The summed E-state index contributed by atoms with van der Waals surface area (Å²) in [5.41, 5.74) is 2.21. The molecule has 17 nitrogen and oxygen atoms in total. The fourth-order valence-electron chi connectivity index (χ4n) is 9.68. The van der Waals surface area contributed by atoms with Crippen LogP contribution in [-0.2, 0) is 41.3 Å². The van der Waals surface area contributed by atoms with Gasteiger partial charge >= 0.3 is 41.2 Å². The number of carboxylic acid groups (broad SMARTS) is 1. The summed E-state index contributed by atoms with van der Waals surface area (Å²) in [7, 11) is 2.19. The summed E-state index contributed by atoms with van der Waals surface area (Å²) in [6.07, 6.45) is 6.16. The van der Waals surface area contributed by atoms with Crippen LogP contribution in [0.4, 0.5) is 0 Å². The number of aryl methyl sites for hydroxylation is 2. The molecule has 4 aromatic heterocycles. The van der Waals surface area contributed by atoms with Crippen LogP contribution in [-0.4, -0.2) is 86.3 Å². The number of piperidine rings is 1. The molecule has 2 aliphatic rings. The van der Waals surface area contributed by atoms with E-state index < -0.39 is 29.7 Å². The van der Waals surface area contributed by atoms with Crippen LogP contribution in [0.2, 0.25) is 0 Å². The number of aromatic nitrogens is 6. The summed E-state index contributed by atoms with van der Waals surface area (Å²) >= 11 is 0. The maximum atomic E-state index is 13.2. The standard InChI is InChI=1S/C27H33N5O3.C24H24N2O7.Na/c1-17(2)21-15-22(25(34)16-24(21)33)26-28-29-27(35)32(26)20-4-5-23-19(14-20)9-13-31(23)12-8-18-6-10-30(3)11-7-18;1-4-14-15-8-13(33-12(3)28)6-7-19(15)25-21-16(14)10-26-20(21)9-18(17(11-27)22(26)29)24(32,5-2)23(30)31;/h4-5,9,13-18,33-34H,6-8,10-12H2,1-3H3,(H,29,35);6-9,27,32H,4-5,10-11H2,1-3H3,(H,30,31);/q;;+1/p-1/t;24-;/m.0./s1. The zero-order valence-electron chi connectivity index (χ0n) is 40.0. The number of carbonyl (C=O) groups is 2. The summed E-state index contributed by atoms with van der Waals surface area (Å²) in [5, 5.41) is 61.7. The molecule has 7 aromatic rings. The van der Waals surface area contributed by atoms with Crippen molar-refractivity contribution in [1.29, 1.82) is 0 Å². The van der Waals surface area contributed by atoms with Crippen molar-refractivity contribution < 1.29 is 69.4 Å². The molecule has 69 heavy (non-hydrogen) atoms. The number of carbonyl (C=O) groups excluding carboxylic acids is 2. The van der Waals surface area contributed by atoms with Gasteiger partial charge in [-0.2, -0.15) is 5.10 Å². The van der Waals surface area contributed by atoms with Crippen LogP contribution >= 0.6 is 0 Å². The molecule has 0 amide bonds. The number of esters is 1. The maximum absolute atomic E-state index is 13.2. The summed E-state index contributed by atoms with van der Waals surface area (Å²) < 4.78 is 10.4. The Balaban J connectivity index is 0.000000201. The predicted octanol–water partition coefficient (Wildman–Crippen LogP) is 2.21. The molecule has 1 fully saturated rings. The van der Waals surface area contributed by atoms with Crippen LogP contribution in [0.15, 0.2) is 76.4 Å². The normalized spacial score (nSPS) is 14.5. The first-order valence-electron chi connectivity index (χ1n) is 22.9. The Bertz CT molecular complexity index is 3220. The summed E-state index contributed by atoms with van der Waals surface area (Å²) in [5.74, 6) is -0.812. The van der Waals surface area contributed by atoms with E-state index in [-0.39, 0.29) is 76.8 Å². The number of benzene rings is 3. The SMILES string of the molecule is CC(C)c1cc(-c2n[nH]c(=O)n2-c2ccc3c(ccn3CCC3CCN(C)CC3)c2)c(O)cc1O.CCc1c2c(nc3ccc(OC(C)=O)cc13)-c1cc([C@@](O)(CC)C(=O)[O-])c(CO)c(=O)n1C2.[Na+]. The third-order valence-corrected chi connectivity index (χ3v) is 13.5. The number of carboxylic acids is 1. The van der Waals surface area contributed by atoms with Crippen molar-refractivity contribution in [2.24, 2.45) is 5.92 Å². The van der Waals surface area contributed by atoms with E-state index >= 15 is 0 Å². The van der Waals surface area contributed by atoms with E-state index in [1.54, 1.807) is 24.3 Å². The molecule has 0 radical (unpaired) electrons. The van der Waals surface area contributed by atoms with Crippen molar-refractivity contribution >= 4 is 33.7 Å². The molecule has 1 saturated heterocycles. The molecule has 356 valence electrons. The van der Waals surface area contributed by atoms with Gasteiger partial charge in [-0.1, -0.05) is 27.7 Å². The number of hydrogen-bond acceptors (Lipinski definition) is 13. The quantitative estimate of drug-likeness (QED) is 0.0672. The molecular formula is C51H56N7NaO10. The van der Waals surface area contributed by atoms with Gasteiger partial charge < -0.3 is 49.1 Å².